The fraction of sp³-hybridized carbons (Fsp3) is 0.174. The number of alkyl halides is 5. The average Bonchev–Trinajstić information content (AvgIpc) is 3.26. The largest absolute Gasteiger partial charge is 0.493 e. The van der Waals surface area contributed by atoms with E-state index in [4.69, 9.17) is 9.88 Å². The second-order valence-corrected chi connectivity index (χ2v) is 9.39. The maximum atomic E-state index is 13.9. The van der Waals surface area contributed by atoms with Gasteiger partial charge < -0.3 is 10.1 Å². The molecule has 0 bridgehead atoms. The van der Waals surface area contributed by atoms with Gasteiger partial charge in [0.1, 0.15) is 17.0 Å². The number of ether oxygens (including phenoxy) is 1. The number of nitrogens with two attached hydrogens (primary N) is 1. The number of benzene rings is 2. The third-order valence-electron chi connectivity index (χ3n) is 5.27. The summed E-state index contributed by atoms with van der Waals surface area (Å²) in [6.45, 7) is 1.41. The van der Waals surface area contributed by atoms with Crippen molar-refractivity contribution in [1.82, 2.24) is 14.6 Å². The molecule has 2 aromatic heterocycles. The Bertz CT molecular complexity index is 1640. The quantitative estimate of drug-likeness (QED) is 0.320. The van der Waals surface area contributed by atoms with Crippen molar-refractivity contribution < 1.29 is 39.9 Å². The van der Waals surface area contributed by atoms with Gasteiger partial charge in [0.05, 0.1) is 29.0 Å². The number of amides is 1. The molecule has 38 heavy (non-hydrogen) atoms. The van der Waals surface area contributed by atoms with Gasteiger partial charge in [0.15, 0.2) is 5.65 Å². The number of rotatable bonds is 7. The van der Waals surface area contributed by atoms with E-state index in [0.29, 0.717) is 0 Å². The van der Waals surface area contributed by atoms with Gasteiger partial charge >= 0.3 is 6.18 Å². The Morgan fingerprint density at radius 2 is 1.89 bits per heavy atom. The SMILES string of the molecule is CCOc1cc(-c2cc(C(F)F)n3ncc(C(=O)Nc4cccc(S(N)(=O)=O)c4)c3n2)ccc1C(F)(F)F. The van der Waals surface area contributed by atoms with E-state index < -0.39 is 45.5 Å². The Morgan fingerprint density at radius 1 is 1.16 bits per heavy atom. The first-order chi connectivity index (χ1) is 17.8. The fourth-order valence-corrected chi connectivity index (χ4v) is 4.15. The first kappa shape index (κ1) is 26.9. The van der Waals surface area contributed by atoms with E-state index >= 15 is 0 Å². The Labute approximate surface area is 212 Å². The van der Waals surface area contributed by atoms with Crippen LogP contribution < -0.4 is 15.2 Å². The lowest BCUT2D eigenvalue weighted by Crippen LogP contribution is -2.15. The van der Waals surface area contributed by atoms with Crippen LogP contribution in [0.3, 0.4) is 0 Å². The van der Waals surface area contributed by atoms with Gasteiger partial charge in [-0.1, -0.05) is 12.1 Å². The van der Waals surface area contributed by atoms with E-state index in [1.807, 2.05) is 0 Å². The number of hydrogen-bond acceptors (Lipinski definition) is 6. The van der Waals surface area contributed by atoms with Crippen molar-refractivity contribution in [3.63, 3.8) is 0 Å². The van der Waals surface area contributed by atoms with Crippen LogP contribution in [0.4, 0.5) is 27.6 Å². The molecule has 0 spiro atoms. The number of carbonyl (C=O) groups is 1. The minimum Gasteiger partial charge on any atom is -0.493 e. The third kappa shape index (κ3) is 5.43. The molecule has 0 aliphatic rings. The van der Waals surface area contributed by atoms with Gasteiger partial charge in [-0.15, -0.1) is 0 Å². The van der Waals surface area contributed by atoms with Gasteiger partial charge in [0, 0.05) is 11.3 Å². The summed E-state index contributed by atoms with van der Waals surface area (Å²) in [4.78, 5) is 16.9. The molecule has 0 aliphatic heterocycles. The van der Waals surface area contributed by atoms with Gasteiger partial charge in [-0.3, -0.25) is 4.79 Å². The first-order valence-corrected chi connectivity index (χ1v) is 12.3. The number of anilines is 1. The number of aromatic nitrogens is 3. The molecule has 200 valence electrons. The minimum atomic E-state index is -4.72. The zero-order chi connectivity index (χ0) is 27.8. The first-order valence-electron chi connectivity index (χ1n) is 10.7. The van der Waals surface area contributed by atoms with Crippen molar-refractivity contribution in [3.05, 3.63) is 71.5 Å². The van der Waals surface area contributed by atoms with Crippen LogP contribution in [0.2, 0.25) is 0 Å². The number of hydrogen-bond donors (Lipinski definition) is 2. The highest BCUT2D eigenvalue weighted by Crippen LogP contribution is 2.39. The molecule has 0 radical (unpaired) electrons. The van der Waals surface area contributed by atoms with Crippen LogP contribution in [0.25, 0.3) is 16.9 Å². The van der Waals surface area contributed by atoms with Crippen molar-refractivity contribution in [2.45, 2.75) is 24.4 Å². The van der Waals surface area contributed by atoms with Crippen molar-refractivity contribution >= 4 is 27.3 Å². The molecular weight excluding hydrogens is 537 g/mol. The van der Waals surface area contributed by atoms with Gasteiger partial charge in [-0.25, -0.2) is 31.8 Å². The van der Waals surface area contributed by atoms with Crippen LogP contribution in [0.5, 0.6) is 5.75 Å². The van der Waals surface area contributed by atoms with Crippen LogP contribution in [-0.4, -0.2) is 35.5 Å². The molecule has 0 aliphatic carbocycles. The van der Waals surface area contributed by atoms with Crippen molar-refractivity contribution in [3.8, 4) is 17.0 Å². The van der Waals surface area contributed by atoms with Crippen LogP contribution in [0, 0.1) is 0 Å². The summed E-state index contributed by atoms with van der Waals surface area (Å²) >= 11 is 0. The lowest BCUT2D eigenvalue weighted by molar-refractivity contribution is -0.138. The Kier molecular flexibility index (Phi) is 7.08. The van der Waals surface area contributed by atoms with E-state index in [1.54, 1.807) is 0 Å². The van der Waals surface area contributed by atoms with Crippen LogP contribution >= 0.6 is 0 Å². The van der Waals surface area contributed by atoms with Gasteiger partial charge in [0.2, 0.25) is 10.0 Å². The summed E-state index contributed by atoms with van der Waals surface area (Å²) in [5, 5.41) is 11.3. The molecule has 2 heterocycles. The highest BCUT2D eigenvalue weighted by Gasteiger charge is 2.34. The van der Waals surface area contributed by atoms with E-state index in [9.17, 15) is 35.2 Å². The summed E-state index contributed by atoms with van der Waals surface area (Å²) in [6, 6.07) is 8.78. The summed E-state index contributed by atoms with van der Waals surface area (Å²) in [7, 11) is -4.07. The predicted molar refractivity (Wildman–Crippen MR) is 125 cm³/mol. The smallest absolute Gasteiger partial charge is 0.419 e. The molecule has 3 N–H and O–H groups in total. The summed E-state index contributed by atoms with van der Waals surface area (Å²) in [5.74, 6) is -1.38. The van der Waals surface area contributed by atoms with E-state index in [1.165, 1.54) is 25.1 Å². The summed E-state index contributed by atoms with van der Waals surface area (Å²) < 4.78 is 96.9. The molecule has 4 rings (SSSR count). The number of carbonyl (C=O) groups excluding carboxylic acids is 1. The molecule has 0 saturated carbocycles. The molecule has 4 aromatic rings. The zero-order valence-electron chi connectivity index (χ0n) is 19.3. The summed E-state index contributed by atoms with van der Waals surface area (Å²) in [5.41, 5.74) is -2.38. The molecular formula is C23H18F5N5O4S. The maximum Gasteiger partial charge on any atom is 0.419 e. The predicted octanol–water partition coefficient (Wildman–Crippen LogP) is 4.65. The fourth-order valence-electron chi connectivity index (χ4n) is 3.59. The van der Waals surface area contributed by atoms with Crippen LogP contribution in [0.1, 0.15) is 35.0 Å². The average molecular weight is 555 g/mol. The monoisotopic (exact) mass is 555 g/mol. The van der Waals surface area contributed by atoms with E-state index in [-0.39, 0.29) is 39.7 Å². The molecule has 1 amide bonds. The van der Waals surface area contributed by atoms with Crippen LogP contribution in [-0.2, 0) is 16.2 Å². The number of halogens is 5. The number of nitrogens with zero attached hydrogens (tertiary/aromatic N) is 3. The topological polar surface area (TPSA) is 129 Å². The van der Waals surface area contributed by atoms with E-state index in [0.717, 1.165) is 41.0 Å². The maximum absolute atomic E-state index is 13.9. The highest BCUT2D eigenvalue weighted by atomic mass is 32.2. The lowest BCUT2D eigenvalue weighted by atomic mass is 10.1. The molecule has 9 nitrogen and oxygen atoms in total. The zero-order valence-corrected chi connectivity index (χ0v) is 20.1. The number of sulfonamides is 1. The summed E-state index contributed by atoms with van der Waals surface area (Å²) in [6.07, 6.45) is -6.82. The normalized spacial score (nSPS) is 12.2. The second kappa shape index (κ2) is 9.98. The molecule has 0 fully saturated rings. The second-order valence-electron chi connectivity index (χ2n) is 7.83. The molecule has 2 aromatic carbocycles. The van der Waals surface area contributed by atoms with Crippen molar-refractivity contribution in [2.75, 3.05) is 11.9 Å². The number of primary sulfonamides is 1. The number of fused-ring (bicyclic) bond motifs is 1. The Morgan fingerprint density at radius 3 is 2.53 bits per heavy atom. The molecule has 0 saturated heterocycles. The minimum absolute atomic E-state index is 0.0271. The standard InChI is InChI=1S/C23H18F5N5O4S/c1-2-37-19-8-12(6-7-16(19)23(26,27)28)17-10-18(20(24)25)33-21(32-17)15(11-30-33)22(34)31-13-4-3-5-14(9-13)38(29,35)36/h3-11,20H,2H2,1H3,(H,31,34)(H2,29,35,36). The molecule has 0 unspecified atom stereocenters. The van der Waals surface area contributed by atoms with Gasteiger partial charge in [-0.05, 0) is 43.3 Å². The van der Waals surface area contributed by atoms with Crippen LogP contribution in [0.15, 0.2) is 59.6 Å². The van der Waals surface area contributed by atoms with Crippen molar-refractivity contribution in [2.24, 2.45) is 5.14 Å². The van der Waals surface area contributed by atoms with Gasteiger partial charge in [-0.2, -0.15) is 18.3 Å². The van der Waals surface area contributed by atoms with E-state index in [2.05, 4.69) is 15.4 Å². The Hall–Kier alpha value is -4.11. The van der Waals surface area contributed by atoms with Crippen molar-refractivity contribution in [1.29, 1.82) is 0 Å². The molecule has 15 heteroatoms. The number of nitrogens with one attached hydrogen (secondary N) is 1. The Balaban J connectivity index is 1.81. The lowest BCUT2D eigenvalue weighted by Gasteiger charge is -2.15. The third-order valence-corrected chi connectivity index (χ3v) is 6.18. The highest BCUT2D eigenvalue weighted by molar-refractivity contribution is 7.89. The van der Waals surface area contributed by atoms with Gasteiger partial charge in [0.25, 0.3) is 12.3 Å². The molecule has 0 atom stereocenters.